The van der Waals surface area contributed by atoms with E-state index in [2.05, 4.69) is 20.8 Å². The highest BCUT2D eigenvalue weighted by Crippen LogP contribution is 2.43. The lowest BCUT2D eigenvalue weighted by Gasteiger charge is -2.25. The zero-order chi connectivity index (χ0) is 23.2. The number of nitrogens with two attached hydrogens (primary N) is 1. The third-order valence-corrected chi connectivity index (χ3v) is 6.53. The van der Waals surface area contributed by atoms with Crippen molar-refractivity contribution in [2.45, 2.75) is 18.8 Å². The zero-order valence-corrected chi connectivity index (χ0v) is 18.3. The van der Waals surface area contributed by atoms with E-state index in [9.17, 15) is 9.18 Å². The third kappa shape index (κ3) is 3.34. The number of H-pyrrole nitrogens is 1. The summed E-state index contributed by atoms with van der Waals surface area (Å²) in [5.74, 6) is -0.539. The molecule has 3 aromatic heterocycles. The molecule has 0 bridgehead atoms. The maximum atomic E-state index is 13.8. The average molecular weight is 455 g/mol. The van der Waals surface area contributed by atoms with Crippen molar-refractivity contribution < 1.29 is 13.9 Å². The van der Waals surface area contributed by atoms with Gasteiger partial charge in [-0.15, -0.1) is 0 Å². The van der Waals surface area contributed by atoms with Crippen molar-refractivity contribution >= 4 is 28.0 Å². The molecule has 1 aliphatic rings. The van der Waals surface area contributed by atoms with Crippen molar-refractivity contribution in [3.63, 3.8) is 0 Å². The van der Waals surface area contributed by atoms with Gasteiger partial charge in [-0.25, -0.2) is 9.37 Å². The van der Waals surface area contributed by atoms with Gasteiger partial charge in [0.25, 0.3) is 0 Å². The highest BCUT2D eigenvalue weighted by molar-refractivity contribution is 6.02. The maximum Gasteiger partial charge on any atom is 0.248 e. The minimum Gasteiger partial charge on any atom is -0.381 e. The van der Waals surface area contributed by atoms with Crippen LogP contribution in [0.1, 0.15) is 34.8 Å². The van der Waals surface area contributed by atoms with Gasteiger partial charge in [0.2, 0.25) is 5.91 Å². The number of nitrogens with zero attached hydrogens (tertiary/aromatic N) is 3. The number of amides is 1. The number of nitrogens with one attached hydrogen (secondary N) is 1. The van der Waals surface area contributed by atoms with Crippen LogP contribution in [0.4, 0.5) is 4.39 Å². The van der Waals surface area contributed by atoms with Gasteiger partial charge in [-0.3, -0.25) is 9.89 Å². The quantitative estimate of drug-likeness (QED) is 0.410. The molecule has 1 saturated heterocycles. The standard InChI is InChI=1S/C26H22FN5O2/c27-19-5-7-20(8-6-19)32-21-13-18-14-29-31-26(18)30-23(21)22(24(32)16-9-11-34-12-10-16)15-1-3-17(4-2-15)25(28)33/h1-8,13-14,16H,9-12H2,(H2,28,33)(H,29,30,31). The lowest BCUT2D eigenvalue weighted by molar-refractivity contribution is 0.0843. The molecular weight excluding hydrogens is 433 g/mol. The van der Waals surface area contributed by atoms with E-state index in [0.29, 0.717) is 24.4 Å². The number of benzene rings is 2. The Morgan fingerprint density at radius 3 is 2.53 bits per heavy atom. The van der Waals surface area contributed by atoms with E-state index in [4.69, 9.17) is 15.5 Å². The summed E-state index contributed by atoms with van der Waals surface area (Å²) < 4.78 is 21.7. The van der Waals surface area contributed by atoms with Crippen molar-refractivity contribution in [2.75, 3.05) is 13.2 Å². The average Bonchev–Trinajstić information content (AvgIpc) is 3.45. The molecule has 170 valence electrons. The van der Waals surface area contributed by atoms with Crippen LogP contribution in [0.5, 0.6) is 0 Å². The van der Waals surface area contributed by atoms with E-state index < -0.39 is 5.91 Å². The molecule has 2 aromatic carbocycles. The SMILES string of the molecule is NC(=O)c1ccc(-c2c(C3CCOCC3)n(-c3ccc(F)cc3)c3cc4cn[nH]c4nc23)cc1. The minimum absolute atomic E-state index is 0.218. The Morgan fingerprint density at radius 2 is 1.82 bits per heavy atom. The number of ether oxygens (including phenoxy) is 1. The Labute approximate surface area is 194 Å². The number of halogens is 1. The molecule has 3 N–H and O–H groups in total. The van der Waals surface area contributed by atoms with Crippen LogP contribution >= 0.6 is 0 Å². The molecule has 0 aliphatic carbocycles. The van der Waals surface area contributed by atoms with Crippen LogP contribution in [0.2, 0.25) is 0 Å². The van der Waals surface area contributed by atoms with Gasteiger partial charge in [-0.05, 0) is 60.9 Å². The van der Waals surface area contributed by atoms with Crippen LogP contribution in [0, 0.1) is 5.82 Å². The molecule has 7 nitrogen and oxygen atoms in total. The van der Waals surface area contributed by atoms with Crippen LogP contribution in [-0.2, 0) is 4.74 Å². The fourth-order valence-electron chi connectivity index (χ4n) is 4.90. The van der Waals surface area contributed by atoms with Crippen LogP contribution in [0.15, 0.2) is 60.8 Å². The molecule has 1 aliphatic heterocycles. The van der Waals surface area contributed by atoms with Crippen molar-refractivity contribution in [1.29, 1.82) is 0 Å². The van der Waals surface area contributed by atoms with E-state index in [1.165, 1.54) is 12.1 Å². The second-order valence-corrected chi connectivity index (χ2v) is 8.56. The highest BCUT2D eigenvalue weighted by atomic mass is 19.1. The van der Waals surface area contributed by atoms with Gasteiger partial charge in [-0.2, -0.15) is 5.10 Å². The lowest BCUT2D eigenvalue weighted by Crippen LogP contribution is -2.17. The number of fused-ring (bicyclic) bond motifs is 2. The smallest absolute Gasteiger partial charge is 0.248 e. The number of hydrogen-bond acceptors (Lipinski definition) is 4. The summed E-state index contributed by atoms with van der Waals surface area (Å²) in [6.07, 6.45) is 3.48. The monoisotopic (exact) mass is 455 g/mol. The third-order valence-electron chi connectivity index (χ3n) is 6.53. The number of carbonyl (C=O) groups excluding carboxylic acids is 1. The van der Waals surface area contributed by atoms with Gasteiger partial charge in [0.15, 0.2) is 5.65 Å². The number of pyridine rings is 1. The van der Waals surface area contributed by atoms with E-state index >= 15 is 0 Å². The van der Waals surface area contributed by atoms with Crippen LogP contribution in [0.3, 0.4) is 0 Å². The Hall–Kier alpha value is -4.04. The molecule has 0 radical (unpaired) electrons. The number of carbonyl (C=O) groups is 1. The predicted octanol–water partition coefficient (Wildman–Crippen LogP) is 4.70. The Kier molecular flexibility index (Phi) is 4.88. The van der Waals surface area contributed by atoms with Gasteiger partial charge in [-0.1, -0.05) is 12.1 Å². The predicted molar refractivity (Wildman–Crippen MR) is 127 cm³/mol. The molecule has 1 fully saturated rings. The minimum atomic E-state index is -0.470. The summed E-state index contributed by atoms with van der Waals surface area (Å²) >= 11 is 0. The molecule has 4 heterocycles. The molecule has 5 aromatic rings. The summed E-state index contributed by atoms with van der Waals surface area (Å²) in [5.41, 5.74) is 12.2. The van der Waals surface area contributed by atoms with Crippen molar-refractivity contribution in [3.8, 4) is 16.8 Å². The van der Waals surface area contributed by atoms with Gasteiger partial charge >= 0.3 is 0 Å². The first-order valence-electron chi connectivity index (χ1n) is 11.2. The number of aromatic amines is 1. The number of aromatic nitrogens is 4. The molecule has 6 rings (SSSR count). The van der Waals surface area contributed by atoms with E-state index in [1.54, 1.807) is 30.5 Å². The first-order valence-corrected chi connectivity index (χ1v) is 11.2. The first-order chi connectivity index (χ1) is 16.6. The zero-order valence-electron chi connectivity index (χ0n) is 18.3. The second-order valence-electron chi connectivity index (χ2n) is 8.56. The van der Waals surface area contributed by atoms with Crippen molar-refractivity contribution in [2.24, 2.45) is 5.73 Å². The Balaban J connectivity index is 1.71. The summed E-state index contributed by atoms with van der Waals surface area (Å²) in [7, 11) is 0. The number of primary amides is 1. The van der Waals surface area contributed by atoms with E-state index in [-0.39, 0.29) is 11.7 Å². The van der Waals surface area contributed by atoms with Crippen molar-refractivity contribution in [1.82, 2.24) is 19.7 Å². The van der Waals surface area contributed by atoms with Crippen LogP contribution < -0.4 is 5.73 Å². The van der Waals surface area contributed by atoms with Crippen LogP contribution in [0.25, 0.3) is 38.9 Å². The lowest BCUT2D eigenvalue weighted by atomic mass is 9.90. The molecule has 1 amide bonds. The normalized spacial score (nSPS) is 14.7. The molecular formula is C26H22FN5O2. The molecule has 8 heteroatoms. The second kappa shape index (κ2) is 8.07. The summed E-state index contributed by atoms with van der Waals surface area (Å²) in [5, 5.41) is 8.01. The van der Waals surface area contributed by atoms with E-state index in [1.807, 2.05) is 12.1 Å². The summed E-state index contributed by atoms with van der Waals surface area (Å²) in [6.45, 7) is 1.35. The summed E-state index contributed by atoms with van der Waals surface area (Å²) in [6, 6.07) is 15.9. The molecule has 34 heavy (non-hydrogen) atoms. The summed E-state index contributed by atoms with van der Waals surface area (Å²) in [4.78, 5) is 16.6. The molecule has 0 saturated carbocycles. The van der Waals surface area contributed by atoms with Gasteiger partial charge < -0.3 is 15.0 Å². The largest absolute Gasteiger partial charge is 0.381 e. The van der Waals surface area contributed by atoms with E-state index in [0.717, 1.165) is 51.8 Å². The Bertz CT molecular complexity index is 1510. The van der Waals surface area contributed by atoms with Gasteiger partial charge in [0.05, 0.1) is 17.2 Å². The molecule has 0 spiro atoms. The van der Waals surface area contributed by atoms with Crippen LogP contribution in [-0.4, -0.2) is 38.9 Å². The number of hydrogen-bond donors (Lipinski definition) is 2. The topological polar surface area (TPSA) is 98.8 Å². The molecule has 0 atom stereocenters. The van der Waals surface area contributed by atoms with Gasteiger partial charge in [0, 0.05) is 47.0 Å². The maximum absolute atomic E-state index is 13.8. The van der Waals surface area contributed by atoms with Gasteiger partial charge in [0.1, 0.15) is 5.82 Å². The Morgan fingerprint density at radius 1 is 1.09 bits per heavy atom. The highest BCUT2D eigenvalue weighted by Gasteiger charge is 2.29. The first kappa shape index (κ1) is 20.6. The fraction of sp³-hybridized carbons (Fsp3) is 0.192. The fourth-order valence-corrected chi connectivity index (χ4v) is 4.90. The molecule has 0 unspecified atom stereocenters. The van der Waals surface area contributed by atoms with Crippen molar-refractivity contribution in [3.05, 3.63) is 77.9 Å². The number of rotatable bonds is 4.